The zero-order chi connectivity index (χ0) is 36.8. The summed E-state index contributed by atoms with van der Waals surface area (Å²) >= 11 is 0. The number of aromatic nitrogens is 2. The fraction of sp³-hybridized carbons (Fsp3) is 0.571. The van der Waals surface area contributed by atoms with Crippen molar-refractivity contribution in [1.82, 2.24) is 15.0 Å². The van der Waals surface area contributed by atoms with Gasteiger partial charge in [-0.2, -0.15) is 13.4 Å². The Bertz CT molecular complexity index is 1680. The summed E-state index contributed by atoms with van der Waals surface area (Å²) in [6, 6.07) is 9.99. The van der Waals surface area contributed by atoms with Gasteiger partial charge in [0.1, 0.15) is 11.6 Å². The van der Waals surface area contributed by atoms with Gasteiger partial charge in [0, 0.05) is 44.0 Å². The summed E-state index contributed by atoms with van der Waals surface area (Å²) < 4.78 is 82.7. The molecule has 5 rings (SSSR count). The Hall–Kier alpha value is -3.69. The molecule has 0 radical (unpaired) electrons. The number of hydrogen-bond donors (Lipinski definition) is 2. The molecule has 2 saturated heterocycles. The number of carbonyl (C=O) groups is 1. The maximum absolute atomic E-state index is 14.9. The second kappa shape index (κ2) is 16.6. The van der Waals surface area contributed by atoms with E-state index in [1.807, 2.05) is 20.8 Å². The zero-order valence-corrected chi connectivity index (χ0v) is 30.0. The summed E-state index contributed by atoms with van der Waals surface area (Å²) in [6.45, 7) is 11.3. The van der Waals surface area contributed by atoms with Gasteiger partial charge in [0.05, 0.1) is 24.1 Å². The van der Waals surface area contributed by atoms with Crippen LogP contribution in [0.25, 0.3) is 0 Å². The molecule has 1 aromatic heterocycles. The quantitative estimate of drug-likeness (QED) is 0.219. The number of alkyl halides is 2. The van der Waals surface area contributed by atoms with Crippen molar-refractivity contribution in [2.45, 2.75) is 89.0 Å². The predicted molar refractivity (Wildman–Crippen MR) is 183 cm³/mol. The summed E-state index contributed by atoms with van der Waals surface area (Å²) in [6.07, 6.45) is 2.51. The molecule has 11 nitrogen and oxygen atoms in total. The van der Waals surface area contributed by atoms with Crippen LogP contribution in [-0.4, -0.2) is 78.7 Å². The van der Waals surface area contributed by atoms with Crippen molar-refractivity contribution in [3.63, 3.8) is 0 Å². The van der Waals surface area contributed by atoms with E-state index in [1.165, 1.54) is 18.2 Å². The maximum atomic E-state index is 14.9. The molecular formula is C35H48F3N5O6S. The van der Waals surface area contributed by atoms with Gasteiger partial charge in [-0.25, -0.2) is 13.2 Å². The van der Waals surface area contributed by atoms with Gasteiger partial charge in [0.25, 0.3) is 16.0 Å². The van der Waals surface area contributed by atoms with E-state index in [9.17, 15) is 26.4 Å². The lowest BCUT2D eigenvalue weighted by molar-refractivity contribution is -0.133. The number of piperidine rings is 1. The van der Waals surface area contributed by atoms with Gasteiger partial charge >= 0.3 is 6.01 Å². The first-order chi connectivity index (χ1) is 23.4. The molecule has 50 heavy (non-hydrogen) atoms. The number of amides is 1. The number of halogens is 3. The van der Waals surface area contributed by atoms with E-state index >= 15 is 0 Å². The number of hydrogen-bond acceptors (Lipinski definition) is 9. The van der Waals surface area contributed by atoms with Crippen molar-refractivity contribution in [3.05, 3.63) is 65.2 Å². The molecule has 1 unspecified atom stereocenters. The highest BCUT2D eigenvalue weighted by molar-refractivity contribution is 7.85. The van der Waals surface area contributed by atoms with Crippen molar-refractivity contribution in [1.29, 1.82) is 0 Å². The minimum atomic E-state index is -4.02. The van der Waals surface area contributed by atoms with Crippen LogP contribution in [0.4, 0.5) is 19.2 Å². The minimum absolute atomic E-state index is 0.0448. The van der Waals surface area contributed by atoms with Gasteiger partial charge < -0.3 is 24.8 Å². The highest BCUT2D eigenvalue weighted by atomic mass is 32.2. The fourth-order valence-corrected chi connectivity index (χ4v) is 6.55. The van der Waals surface area contributed by atoms with E-state index in [2.05, 4.69) is 22.0 Å². The van der Waals surface area contributed by atoms with Crippen LogP contribution >= 0.6 is 0 Å². The van der Waals surface area contributed by atoms with Crippen LogP contribution in [-0.2, 0) is 14.9 Å². The van der Waals surface area contributed by atoms with E-state index in [0.717, 1.165) is 48.6 Å². The van der Waals surface area contributed by atoms with Gasteiger partial charge in [-0.3, -0.25) is 9.35 Å². The second-order valence-corrected chi connectivity index (χ2v) is 15.1. The molecule has 3 N–H and O–H groups in total. The number of nitrogens with zero attached hydrogens (tertiary/aromatic N) is 4. The highest BCUT2D eigenvalue weighted by Gasteiger charge is 2.42. The number of carbonyl (C=O) groups excluding carboxylic acids is 1. The van der Waals surface area contributed by atoms with Gasteiger partial charge in [0.2, 0.25) is 5.91 Å². The van der Waals surface area contributed by atoms with Crippen molar-refractivity contribution < 1.29 is 40.2 Å². The van der Waals surface area contributed by atoms with Crippen LogP contribution in [0.2, 0.25) is 0 Å². The Labute approximate surface area is 292 Å². The first-order valence-electron chi connectivity index (χ1n) is 16.9. The monoisotopic (exact) mass is 723 g/mol. The number of rotatable bonds is 11. The molecule has 0 spiro atoms. The average Bonchev–Trinajstić information content (AvgIpc) is 3.71. The Kier molecular flexibility index (Phi) is 12.9. The molecule has 2 fully saturated rings. The third kappa shape index (κ3) is 10.4. The largest absolute Gasteiger partial charge is 0.493 e. The normalized spacial score (nSPS) is 18.4. The number of benzene rings is 2. The van der Waals surface area contributed by atoms with Gasteiger partial charge in [-0.1, -0.05) is 56.6 Å². The smallest absolute Gasteiger partial charge is 0.324 e. The van der Waals surface area contributed by atoms with Crippen molar-refractivity contribution in [2.75, 3.05) is 37.7 Å². The number of aryl methyl sites for hydroxylation is 1. The van der Waals surface area contributed by atoms with E-state index in [0.29, 0.717) is 30.2 Å². The van der Waals surface area contributed by atoms with E-state index < -0.39 is 46.3 Å². The maximum Gasteiger partial charge on any atom is 0.324 e. The van der Waals surface area contributed by atoms with E-state index in [-0.39, 0.29) is 29.3 Å². The van der Waals surface area contributed by atoms with Crippen LogP contribution in [0.15, 0.2) is 51.9 Å². The molecule has 3 heterocycles. The Morgan fingerprint density at radius 1 is 1.10 bits per heavy atom. The first kappa shape index (κ1) is 39.1. The zero-order valence-electron chi connectivity index (χ0n) is 29.2. The van der Waals surface area contributed by atoms with Crippen LogP contribution < -0.4 is 15.4 Å². The molecule has 3 aromatic rings. The molecule has 2 aliphatic rings. The molecule has 0 aliphatic carbocycles. The van der Waals surface area contributed by atoms with Crippen molar-refractivity contribution in [2.24, 2.45) is 17.6 Å². The molecule has 276 valence electrons. The molecule has 2 aromatic carbocycles. The number of ether oxygens (including phenoxy) is 1. The first-order valence-corrected chi connectivity index (χ1v) is 18.4. The van der Waals surface area contributed by atoms with E-state index in [1.54, 1.807) is 31.2 Å². The molecule has 0 bridgehead atoms. The summed E-state index contributed by atoms with van der Waals surface area (Å²) in [7, 11) is -4.02. The Morgan fingerprint density at radius 3 is 2.30 bits per heavy atom. The standard InChI is InChI=1S/C28H40F3N5O3.C7H8O3S/c1-17(2)25-33-27(39-34-25)35-11-7-20(8-12-35)18(3)9-14-38-21-5-6-22(23(29)15-21)19(4)24(32)26(37)36-13-10-28(30,31)16-36;1-6-2-4-7(5-3-6)11(8,9)10/h5-6,15,17-20,24H,7-14,16,32H2,1-4H3;2-5H,1H3,(H,8,9,10)/t18?,19-,24-;/m0./s1. The summed E-state index contributed by atoms with van der Waals surface area (Å²) in [5.74, 6) is -2.34. The SMILES string of the molecule is CC(C)c1noc(N2CCC(C(C)CCOc3ccc([C@H](C)[C@H](N)C(=O)N4CCC(F)(F)C4)c(F)c3)CC2)n1.Cc1ccc(S(=O)(=O)O)cc1. The lowest BCUT2D eigenvalue weighted by Crippen LogP contribution is -2.46. The Balaban J connectivity index is 0.000000435. The number of anilines is 1. The molecule has 3 atom stereocenters. The third-order valence-electron chi connectivity index (χ3n) is 9.49. The summed E-state index contributed by atoms with van der Waals surface area (Å²) in [5.41, 5.74) is 7.27. The van der Waals surface area contributed by atoms with Crippen molar-refractivity contribution in [3.8, 4) is 5.75 Å². The minimum Gasteiger partial charge on any atom is -0.493 e. The summed E-state index contributed by atoms with van der Waals surface area (Å²) in [5, 5.41) is 4.05. The van der Waals surface area contributed by atoms with Gasteiger partial charge in [0.15, 0.2) is 5.82 Å². The molecular weight excluding hydrogens is 675 g/mol. The topological polar surface area (TPSA) is 152 Å². The highest BCUT2D eigenvalue weighted by Crippen LogP contribution is 2.32. The average molecular weight is 724 g/mol. The van der Waals surface area contributed by atoms with E-state index in [4.69, 9.17) is 19.5 Å². The molecule has 1 amide bonds. The fourth-order valence-electron chi connectivity index (χ4n) is 6.07. The Morgan fingerprint density at radius 2 is 1.76 bits per heavy atom. The van der Waals surface area contributed by atoms with Crippen LogP contribution in [0.5, 0.6) is 5.75 Å². The van der Waals surface area contributed by atoms with Crippen molar-refractivity contribution >= 4 is 22.0 Å². The molecule has 15 heteroatoms. The number of nitrogens with two attached hydrogens (primary N) is 1. The third-order valence-corrected chi connectivity index (χ3v) is 10.4. The lowest BCUT2D eigenvalue weighted by atomic mass is 9.84. The van der Waals surface area contributed by atoms with Crippen LogP contribution in [0, 0.1) is 24.6 Å². The van der Waals surface area contributed by atoms with Gasteiger partial charge in [-0.05, 0) is 61.8 Å². The second-order valence-electron chi connectivity index (χ2n) is 13.7. The number of likely N-dealkylation sites (tertiary alicyclic amines) is 1. The van der Waals surface area contributed by atoms with Crippen LogP contribution in [0.1, 0.15) is 82.2 Å². The summed E-state index contributed by atoms with van der Waals surface area (Å²) in [4.78, 5) is 20.2. The van der Waals surface area contributed by atoms with Gasteiger partial charge in [-0.15, -0.1) is 0 Å². The lowest BCUT2D eigenvalue weighted by Gasteiger charge is -2.33. The molecule has 2 aliphatic heterocycles. The molecule has 0 saturated carbocycles. The predicted octanol–water partition coefficient (Wildman–Crippen LogP) is 6.19. The van der Waals surface area contributed by atoms with Crippen LogP contribution in [0.3, 0.4) is 0 Å².